The molecule has 4 rings (SSSR count). The minimum Gasteiger partial charge on any atom is -0.462 e. The molecule has 35 heavy (non-hydrogen) atoms. The van der Waals surface area contributed by atoms with Gasteiger partial charge in [0.25, 0.3) is 11.5 Å². The average molecular weight is 513 g/mol. The van der Waals surface area contributed by atoms with Gasteiger partial charge in [-0.1, -0.05) is 43.1 Å². The van der Waals surface area contributed by atoms with Crippen molar-refractivity contribution in [3.05, 3.63) is 85.7 Å². The zero-order valence-electron chi connectivity index (χ0n) is 19.3. The molecule has 3 aromatic heterocycles. The van der Waals surface area contributed by atoms with Crippen molar-refractivity contribution in [3.8, 4) is 0 Å². The fourth-order valence-corrected chi connectivity index (χ4v) is 4.20. The van der Waals surface area contributed by atoms with E-state index in [4.69, 9.17) is 27.9 Å². The number of nitrogens with zero attached hydrogens (tertiary/aromatic N) is 4. The van der Waals surface area contributed by atoms with Gasteiger partial charge in [-0.3, -0.25) is 14.0 Å². The number of amides is 1. The number of aromatic nitrogens is 3. The van der Waals surface area contributed by atoms with E-state index in [2.05, 4.69) is 9.98 Å². The van der Waals surface area contributed by atoms with Crippen LogP contribution in [0.2, 0.25) is 10.0 Å². The van der Waals surface area contributed by atoms with Gasteiger partial charge < -0.3 is 9.30 Å². The molecule has 0 spiro atoms. The topological polar surface area (TPSA) is 95.0 Å². The van der Waals surface area contributed by atoms with Gasteiger partial charge in [-0.05, 0) is 49.2 Å². The molecule has 180 valence electrons. The number of halogens is 2. The van der Waals surface area contributed by atoms with Crippen molar-refractivity contribution in [1.29, 1.82) is 0 Å². The SMILES string of the molecule is CCOC(=O)c1cc2c(=O)n3ccccc3nc2n(CC(C)C)c1=NC(=O)c1ccc(Cl)cc1Cl. The summed E-state index contributed by atoms with van der Waals surface area (Å²) in [5, 5.41) is 0.701. The van der Waals surface area contributed by atoms with Crippen molar-refractivity contribution in [2.75, 3.05) is 6.61 Å². The minimum atomic E-state index is -0.710. The minimum absolute atomic E-state index is 0.0202. The predicted octanol–water partition coefficient (Wildman–Crippen LogP) is 4.53. The van der Waals surface area contributed by atoms with Crippen LogP contribution in [-0.4, -0.2) is 32.4 Å². The monoisotopic (exact) mass is 512 g/mol. The summed E-state index contributed by atoms with van der Waals surface area (Å²) < 4.78 is 8.24. The second-order valence-corrected chi connectivity index (χ2v) is 9.07. The Kier molecular flexibility index (Phi) is 7.05. The lowest BCUT2D eigenvalue weighted by Gasteiger charge is -2.16. The molecule has 1 amide bonds. The van der Waals surface area contributed by atoms with Crippen LogP contribution in [-0.2, 0) is 11.3 Å². The molecule has 0 aliphatic carbocycles. The van der Waals surface area contributed by atoms with E-state index >= 15 is 0 Å². The quantitative estimate of drug-likeness (QED) is 0.289. The fraction of sp³-hybridized carbons (Fsp3) is 0.240. The number of benzene rings is 1. The molecule has 0 saturated carbocycles. The van der Waals surface area contributed by atoms with E-state index in [1.54, 1.807) is 35.9 Å². The van der Waals surface area contributed by atoms with E-state index in [1.165, 1.54) is 28.7 Å². The predicted molar refractivity (Wildman–Crippen MR) is 134 cm³/mol. The van der Waals surface area contributed by atoms with Crippen LogP contribution in [0.3, 0.4) is 0 Å². The molecule has 8 nitrogen and oxygen atoms in total. The van der Waals surface area contributed by atoms with Crippen molar-refractivity contribution >= 4 is 51.8 Å². The van der Waals surface area contributed by atoms with Gasteiger partial charge in [-0.2, -0.15) is 4.99 Å². The van der Waals surface area contributed by atoms with Crippen LogP contribution in [0.4, 0.5) is 0 Å². The molecule has 0 fully saturated rings. The Morgan fingerprint density at radius 2 is 1.89 bits per heavy atom. The maximum Gasteiger partial charge on any atom is 0.341 e. The van der Waals surface area contributed by atoms with Gasteiger partial charge in [-0.25, -0.2) is 9.78 Å². The number of hydrogen-bond acceptors (Lipinski definition) is 5. The number of hydrogen-bond donors (Lipinski definition) is 0. The zero-order chi connectivity index (χ0) is 25.3. The molecule has 4 aromatic rings. The molecule has 0 bridgehead atoms. The van der Waals surface area contributed by atoms with Crippen molar-refractivity contribution in [3.63, 3.8) is 0 Å². The summed E-state index contributed by atoms with van der Waals surface area (Å²) in [6.07, 6.45) is 1.60. The summed E-state index contributed by atoms with van der Waals surface area (Å²) in [4.78, 5) is 48.4. The van der Waals surface area contributed by atoms with Crippen molar-refractivity contribution in [2.24, 2.45) is 10.9 Å². The smallest absolute Gasteiger partial charge is 0.341 e. The number of pyridine rings is 2. The molecule has 0 saturated heterocycles. The van der Waals surface area contributed by atoms with Crippen LogP contribution in [0.15, 0.2) is 58.4 Å². The number of ether oxygens (including phenoxy) is 1. The van der Waals surface area contributed by atoms with E-state index in [1.807, 2.05) is 13.8 Å². The molecule has 1 aromatic carbocycles. The van der Waals surface area contributed by atoms with Gasteiger partial charge in [-0.15, -0.1) is 0 Å². The maximum absolute atomic E-state index is 13.3. The van der Waals surface area contributed by atoms with Crippen LogP contribution in [0, 0.1) is 5.92 Å². The second kappa shape index (κ2) is 10.0. The third kappa shape index (κ3) is 4.85. The molecule has 0 aliphatic heterocycles. The van der Waals surface area contributed by atoms with Gasteiger partial charge in [0.2, 0.25) is 0 Å². The number of esters is 1. The van der Waals surface area contributed by atoms with Crippen LogP contribution in [0.1, 0.15) is 41.5 Å². The largest absolute Gasteiger partial charge is 0.462 e. The molecule has 3 heterocycles. The Bertz CT molecular complexity index is 1610. The highest BCUT2D eigenvalue weighted by Gasteiger charge is 2.21. The first-order chi connectivity index (χ1) is 16.7. The molecular weight excluding hydrogens is 491 g/mol. The summed E-state index contributed by atoms with van der Waals surface area (Å²) in [6.45, 7) is 6.03. The standard InChI is InChI=1S/C25H22Cl2N4O4/c1-4-35-25(34)18-12-17-21(28-20-7-5-6-10-30(20)24(17)33)31(13-14(2)3)22(18)29-23(32)16-9-8-15(26)11-19(16)27/h5-12,14H,4,13H2,1-3H3. The van der Waals surface area contributed by atoms with Crippen molar-refractivity contribution < 1.29 is 14.3 Å². The normalized spacial score (nSPS) is 12.0. The zero-order valence-corrected chi connectivity index (χ0v) is 20.8. The first kappa shape index (κ1) is 24.6. The van der Waals surface area contributed by atoms with E-state index in [-0.39, 0.29) is 45.1 Å². The second-order valence-electron chi connectivity index (χ2n) is 8.23. The molecular formula is C25H22Cl2N4O4. The highest BCUT2D eigenvalue weighted by molar-refractivity contribution is 6.36. The first-order valence-corrected chi connectivity index (χ1v) is 11.7. The Morgan fingerprint density at radius 1 is 1.11 bits per heavy atom. The third-order valence-corrected chi connectivity index (χ3v) is 5.75. The number of fused-ring (bicyclic) bond motifs is 2. The summed E-state index contributed by atoms with van der Waals surface area (Å²) in [7, 11) is 0. The number of carbonyl (C=O) groups excluding carboxylic acids is 2. The van der Waals surface area contributed by atoms with Crippen LogP contribution < -0.4 is 11.0 Å². The first-order valence-electron chi connectivity index (χ1n) is 11.0. The van der Waals surface area contributed by atoms with E-state index in [9.17, 15) is 14.4 Å². The maximum atomic E-state index is 13.3. The summed E-state index contributed by atoms with van der Waals surface area (Å²) in [5.74, 6) is -1.32. The Hall–Kier alpha value is -3.49. The Morgan fingerprint density at radius 3 is 2.57 bits per heavy atom. The highest BCUT2D eigenvalue weighted by atomic mass is 35.5. The van der Waals surface area contributed by atoms with Crippen LogP contribution in [0.25, 0.3) is 16.7 Å². The number of carbonyl (C=O) groups is 2. The molecule has 0 atom stereocenters. The fourth-order valence-electron chi connectivity index (χ4n) is 3.71. The summed E-state index contributed by atoms with van der Waals surface area (Å²) in [5.41, 5.74) is 0.503. The van der Waals surface area contributed by atoms with Gasteiger partial charge >= 0.3 is 5.97 Å². The lowest BCUT2D eigenvalue weighted by atomic mass is 10.1. The number of rotatable bonds is 5. The molecule has 0 radical (unpaired) electrons. The van der Waals surface area contributed by atoms with E-state index < -0.39 is 11.9 Å². The van der Waals surface area contributed by atoms with E-state index in [0.717, 1.165) is 0 Å². The van der Waals surface area contributed by atoms with E-state index in [0.29, 0.717) is 22.9 Å². The Labute approximate surface area is 210 Å². The highest BCUT2D eigenvalue weighted by Crippen LogP contribution is 2.22. The van der Waals surface area contributed by atoms with Gasteiger partial charge in [0, 0.05) is 17.8 Å². The molecule has 10 heteroatoms. The van der Waals surface area contributed by atoms with Gasteiger partial charge in [0.1, 0.15) is 16.9 Å². The molecule has 0 aliphatic rings. The van der Waals surface area contributed by atoms with Gasteiger partial charge in [0.15, 0.2) is 5.49 Å². The molecule has 0 unspecified atom stereocenters. The average Bonchev–Trinajstić information content (AvgIpc) is 2.80. The third-order valence-electron chi connectivity index (χ3n) is 5.20. The lowest BCUT2D eigenvalue weighted by molar-refractivity contribution is 0.0523. The summed E-state index contributed by atoms with van der Waals surface area (Å²) in [6, 6.07) is 11.0. The van der Waals surface area contributed by atoms with Crippen LogP contribution >= 0.6 is 23.2 Å². The van der Waals surface area contributed by atoms with Crippen LogP contribution in [0.5, 0.6) is 0 Å². The lowest BCUT2D eigenvalue weighted by Crippen LogP contribution is -2.33. The summed E-state index contributed by atoms with van der Waals surface area (Å²) >= 11 is 12.2. The van der Waals surface area contributed by atoms with Gasteiger partial charge in [0.05, 0.1) is 22.6 Å². The Balaban J connectivity index is 2.13. The molecule has 0 N–H and O–H groups in total. The van der Waals surface area contributed by atoms with Crippen molar-refractivity contribution in [1.82, 2.24) is 14.0 Å². The van der Waals surface area contributed by atoms with Crippen molar-refractivity contribution in [2.45, 2.75) is 27.3 Å².